The van der Waals surface area contributed by atoms with E-state index >= 15 is 0 Å². The van der Waals surface area contributed by atoms with Crippen LogP contribution in [0.2, 0.25) is 0 Å². The quantitative estimate of drug-likeness (QED) is 0.747. The first-order valence-electron chi connectivity index (χ1n) is 6.08. The van der Waals surface area contributed by atoms with Gasteiger partial charge in [-0.05, 0) is 35.2 Å². The van der Waals surface area contributed by atoms with Crippen molar-refractivity contribution < 1.29 is 4.39 Å². The molecule has 2 aromatic carbocycles. The Morgan fingerprint density at radius 3 is 2.53 bits per heavy atom. The molecule has 0 saturated carbocycles. The lowest BCUT2D eigenvalue weighted by atomic mass is 10.1. The fourth-order valence-electron chi connectivity index (χ4n) is 2.18. The van der Waals surface area contributed by atoms with Gasteiger partial charge < -0.3 is 4.98 Å². The molecule has 1 N–H and O–H groups in total. The summed E-state index contributed by atoms with van der Waals surface area (Å²) in [5.74, 6) is -0.254. The summed E-state index contributed by atoms with van der Waals surface area (Å²) in [6, 6.07) is 15.7. The number of H-pyrrole nitrogens is 1. The molecule has 0 amide bonds. The molecular formula is C16H12FNO. The lowest BCUT2D eigenvalue weighted by Crippen LogP contribution is -2.09. The number of rotatable bonds is 2. The molecule has 0 saturated heterocycles. The van der Waals surface area contributed by atoms with Crippen LogP contribution < -0.4 is 5.56 Å². The van der Waals surface area contributed by atoms with E-state index in [9.17, 15) is 9.18 Å². The molecule has 3 heteroatoms. The zero-order chi connectivity index (χ0) is 13.2. The molecule has 0 bridgehead atoms. The van der Waals surface area contributed by atoms with E-state index < -0.39 is 0 Å². The van der Waals surface area contributed by atoms with Gasteiger partial charge in [0.25, 0.3) is 5.56 Å². The normalized spacial score (nSPS) is 10.8. The van der Waals surface area contributed by atoms with Crippen molar-refractivity contribution >= 4 is 10.8 Å². The zero-order valence-electron chi connectivity index (χ0n) is 10.2. The summed E-state index contributed by atoms with van der Waals surface area (Å²) >= 11 is 0. The molecule has 0 aliphatic heterocycles. The van der Waals surface area contributed by atoms with Crippen molar-refractivity contribution in [1.29, 1.82) is 0 Å². The molecule has 0 aliphatic rings. The maximum absolute atomic E-state index is 12.8. The monoisotopic (exact) mass is 253 g/mol. The molecule has 2 nitrogen and oxygen atoms in total. The highest BCUT2D eigenvalue weighted by Gasteiger charge is 2.02. The van der Waals surface area contributed by atoms with Crippen molar-refractivity contribution in [3.8, 4) is 0 Å². The highest BCUT2D eigenvalue weighted by atomic mass is 19.1. The Kier molecular flexibility index (Phi) is 2.88. The zero-order valence-corrected chi connectivity index (χ0v) is 10.2. The molecule has 0 radical (unpaired) electrons. The summed E-state index contributed by atoms with van der Waals surface area (Å²) in [5.41, 5.74) is 1.71. The summed E-state index contributed by atoms with van der Waals surface area (Å²) in [4.78, 5) is 14.8. The predicted octanol–water partition coefficient (Wildman–Crippen LogP) is 3.26. The summed E-state index contributed by atoms with van der Waals surface area (Å²) in [5, 5.41) is 1.61. The Hall–Kier alpha value is -2.42. The molecule has 0 unspecified atom stereocenters. The number of nitrogens with one attached hydrogen (secondary N) is 1. The van der Waals surface area contributed by atoms with Crippen LogP contribution in [0.25, 0.3) is 10.8 Å². The number of pyridine rings is 1. The van der Waals surface area contributed by atoms with Crippen LogP contribution in [-0.4, -0.2) is 4.98 Å². The van der Waals surface area contributed by atoms with Crippen molar-refractivity contribution in [2.24, 2.45) is 0 Å². The maximum atomic E-state index is 12.8. The van der Waals surface area contributed by atoms with Gasteiger partial charge in [0.05, 0.1) is 0 Å². The minimum atomic E-state index is -0.254. The van der Waals surface area contributed by atoms with Crippen molar-refractivity contribution in [3.05, 3.63) is 82.0 Å². The van der Waals surface area contributed by atoms with Gasteiger partial charge in [0.2, 0.25) is 0 Å². The third-order valence-electron chi connectivity index (χ3n) is 3.12. The molecule has 0 fully saturated rings. The standard InChI is InChI=1S/C16H12FNO/c17-13-7-5-11(6-8-13)9-14-10-12-3-1-2-4-15(12)16(19)18-14/h1-8,10H,9H2,(H,18,19). The third-order valence-corrected chi connectivity index (χ3v) is 3.12. The Labute approximate surface area is 109 Å². The van der Waals surface area contributed by atoms with E-state index in [2.05, 4.69) is 4.98 Å². The number of benzene rings is 2. The lowest BCUT2D eigenvalue weighted by molar-refractivity contribution is 0.627. The van der Waals surface area contributed by atoms with Crippen LogP contribution in [0.5, 0.6) is 0 Å². The fourth-order valence-corrected chi connectivity index (χ4v) is 2.18. The van der Waals surface area contributed by atoms with Gasteiger partial charge in [-0.25, -0.2) is 4.39 Å². The van der Waals surface area contributed by atoms with Crippen molar-refractivity contribution in [2.45, 2.75) is 6.42 Å². The first kappa shape index (κ1) is 11.7. The third kappa shape index (κ3) is 2.40. The minimum absolute atomic E-state index is 0.0878. The molecule has 0 spiro atoms. The second-order valence-corrected chi connectivity index (χ2v) is 4.51. The number of aromatic amines is 1. The first-order chi connectivity index (χ1) is 9.22. The molecule has 1 heterocycles. The smallest absolute Gasteiger partial charge is 0.256 e. The highest BCUT2D eigenvalue weighted by Crippen LogP contribution is 2.13. The van der Waals surface area contributed by atoms with Crippen molar-refractivity contribution in [3.63, 3.8) is 0 Å². The first-order valence-corrected chi connectivity index (χ1v) is 6.08. The number of hydrogen-bond acceptors (Lipinski definition) is 1. The van der Waals surface area contributed by atoms with Gasteiger partial charge in [0.1, 0.15) is 5.82 Å². The van der Waals surface area contributed by atoms with Crippen LogP contribution in [-0.2, 0) is 6.42 Å². The summed E-state index contributed by atoms with van der Waals surface area (Å²) in [6.07, 6.45) is 0.584. The summed E-state index contributed by atoms with van der Waals surface area (Å²) in [6.45, 7) is 0. The van der Waals surface area contributed by atoms with E-state index in [0.29, 0.717) is 11.8 Å². The molecule has 19 heavy (non-hydrogen) atoms. The minimum Gasteiger partial charge on any atom is -0.325 e. The number of aromatic nitrogens is 1. The van der Waals surface area contributed by atoms with Crippen LogP contribution in [0.4, 0.5) is 4.39 Å². The van der Waals surface area contributed by atoms with Crippen LogP contribution in [0.15, 0.2) is 59.4 Å². The molecule has 0 aliphatic carbocycles. The van der Waals surface area contributed by atoms with E-state index in [-0.39, 0.29) is 11.4 Å². The van der Waals surface area contributed by atoms with Crippen LogP contribution in [0.1, 0.15) is 11.3 Å². The van der Waals surface area contributed by atoms with E-state index in [1.807, 2.05) is 24.3 Å². The second kappa shape index (κ2) is 4.69. The van der Waals surface area contributed by atoms with Gasteiger partial charge in [0.15, 0.2) is 0 Å². The Balaban J connectivity index is 2.01. The van der Waals surface area contributed by atoms with Gasteiger partial charge >= 0.3 is 0 Å². The molecule has 3 rings (SSSR count). The predicted molar refractivity (Wildman–Crippen MR) is 73.8 cm³/mol. The molecule has 3 aromatic rings. The second-order valence-electron chi connectivity index (χ2n) is 4.51. The van der Waals surface area contributed by atoms with Gasteiger partial charge in [-0.15, -0.1) is 0 Å². The Morgan fingerprint density at radius 1 is 1.00 bits per heavy atom. The van der Waals surface area contributed by atoms with Crippen molar-refractivity contribution in [2.75, 3.05) is 0 Å². The van der Waals surface area contributed by atoms with Gasteiger partial charge in [-0.3, -0.25) is 4.79 Å². The lowest BCUT2D eigenvalue weighted by Gasteiger charge is -2.04. The molecule has 94 valence electrons. The molecular weight excluding hydrogens is 241 g/mol. The summed E-state index contributed by atoms with van der Waals surface area (Å²) < 4.78 is 12.8. The van der Waals surface area contributed by atoms with Gasteiger partial charge in [-0.1, -0.05) is 30.3 Å². The van der Waals surface area contributed by atoms with E-state index in [0.717, 1.165) is 16.6 Å². The average molecular weight is 253 g/mol. The largest absolute Gasteiger partial charge is 0.325 e. The maximum Gasteiger partial charge on any atom is 0.256 e. The van der Waals surface area contributed by atoms with E-state index in [1.165, 1.54) is 12.1 Å². The highest BCUT2D eigenvalue weighted by molar-refractivity contribution is 5.81. The summed E-state index contributed by atoms with van der Waals surface area (Å²) in [7, 11) is 0. The topological polar surface area (TPSA) is 32.9 Å². The van der Waals surface area contributed by atoms with E-state index in [4.69, 9.17) is 0 Å². The van der Waals surface area contributed by atoms with Crippen molar-refractivity contribution in [1.82, 2.24) is 4.98 Å². The average Bonchev–Trinajstić information content (AvgIpc) is 2.42. The Morgan fingerprint density at radius 2 is 1.74 bits per heavy atom. The van der Waals surface area contributed by atoms with E-state index in [1.54, 1.807) is 18.2 Å². The van der Waals surface area contributed by atoms with Crippen LogP contribution >= 0.6 is 0 Å². The van der Waals surface area contributed by atoms with Gasteiger partial charge in [0, 0.05) is 17.5 Å². The molecule has 0 atom stereocenters. The number of halogens is 1. The van der Waals surface area contributed by atoms with Crippen LogP contribution in [0, 0.1) is 5.82 Å². The Bertz CT molecular complexity index is 775. The fraction of sp³-hybridized carbons (Fsp3) is 0.0625. The number of hydrogen-bond donors (Lipinski definition) is 1. The van der Waals surface area contributed by atoms with Gasteiger partial charge in [-0.2, -0.15) is 0 Å². The SMILES string of the molecule is O=c1[nH]c(Cc2ccc(F)cc2)cc2ccccc12. The molecule has 1 aromatic heterocycles. The van der Waals surface area contributed by atoms with Crippen LogP contribution in [0.3, 0.4) is 0 Å². The number of fused-ring (bicyclic) bond motifs is 1.